The predicted octanol–water partition coefficient (Wildman–Crippen LogP) is -0.394. The first-order valence-corrected chi connectivity index (χ1v) is 3.40. The Hall–Kier alpha value is -1.32. The van der Waals surface area contributed by atoms with Crippen molar-refractivity contribution in [3.05, 3.63) is 12.8 Å². The van der Waals surface area contributed by atoms with Gasteiger partial charge in [0, 0.05) is 12.6 Å². The third-order valence-electron chi connectivity index (χ3n) is 1.78. The van der Waals surface area contributed by atoms with Gasteiger partial charge in [0.15, 0.2) is 0 Å². The van der Waals surface area contributed by atoms with E-state index in [9.17, 15) is 9.59 Å². The van der Waals surface area contributed by atoms with E-state index in [2.05, 4.69) is 6.58 Å². The minimum Gasteiger partial charge on any atom is -0.368 e. The summed E-state index contributed by atoms with van der Waals surface area (Å²) >= 11 is 0. The van der Waals surface area contributed by atoms with Crippen LogP contribution in [0.5, 0.6) is 0 Å². The second kappa shape index (κ2) is 2.74. The largest absolute Gasteiger partial charge is 0.368 e. The molecule has 1 rings (SSSR count). The summed E-state index contributed by atoms with van der Waals surface area (Å²) in [5.74, 6) is -0.542. The Balaban J connectivity index is 2.76. The zero-order valence-corrected chi connectivity index (χ0v) is 6.12. The highest BCUT2D eigenvalue weighted by molar-refractivity contribution is 5.90. The maximum absolute atomic E-state index is 11.0. The molecule has 0 bridgehead atoms. The molecular weight excluding hydrogens is 144 g/mol. The van der Waals surface area contributed by atoms with Gasteiger partial charge < -0.3 is 10.6 Å². The molecule has 0 spiro atoms. The summed E-state index contributed by atoms with van der Waals surface area (Å²) < 4.78 is 0. The lowest BCUT2D eigenvalue weighted by Crippen LogP contribution is -2.38. The SMILES string of the molecule is C=CN1C(=O)CCC1C(N)=O. The van der Waals surface area contributed by atoms with Crippen molar-refractivity contribution in [2.75, 3.05) is 0 Å². The van der Waals surface area contributed by atoms with Gasteiger partial charge in [0.05, 0.1) is 0 Å². The number of primary amides is 1. The maximum Gasteiger partial charge on any atom is 0.240 e. The van der Waals surface area contributed by atoms with E-state index in [0.29, 0.717) is 12.8 Å². The van der Waals surface area contributed by atoms with Gasteiger partial charge in [-0.05, 0) is 6.42 Å². The molecule has 1 heterocycles. The monoisotopic (exact) mass is 154 g/mol. The van der Waals surface area contributed by atoms with E-state index >= 15 is 0 Å². The van der Waals surface area contributed by atoms with Crippen molar-refractivity contribution < 1.29 is 9.59 Å². The fourth-order valence-electron chi connectivity index (χ4n) is 1.21. The van der Waals surface area contributed by atoms with Gasteiger partial charge in [0.25, 0.3) is 0 Å². The molecule has 0 radical (unpaired) electrons. The molecule has 1 unspecified atom stereocenters. The molecule has 0 saturated carbocycles. The molecule has 0 aliphatic carbocycles. The summed E-state index contributed by atoms with van der Waals surface area (Å²) in [6, 6.07) is -0.472. The van der Waals surface area contributed by atoms with Gasteiger partial charge in [-0.15, -0.1) is 0 Å². The Morgan fingerprint density at radius 3 is 2.82 bits per heavy atom. The summed E-state index contributed by atoms with van der Waals surface area (Å²) in [4.78, 5) is 23.0. The number of nitrogens with two attached hydrogens (primary N) is 1. The van der Waals surface area contributed by atoms with E-state index in [4.69, 9.17) is 5.73 Å². The van der Waals surface area contributed by atoms with Gasteiger partial charge in [-0.1, -0.05) is 6.58 Å². The first kappa shape index (κ1) is 7.78. The number of carbonyl (C=O) groups excluding carboxylic acids is 2. The van der Waals surface area contributed by atoms with Crippen LogP contribution in [0.25, 0.3) is 0 Å². The van der Waals surface area contributed by atoms with E-state index in [1.54, 1.807) is 0 Å². The fourth-order valence-corrected chi connectivity index (χ4v) is 1.21. The van der Waals surface area contributed by atoms with Crippen LogP contribution in [0.3, 0.4) is 0 Å². The minimum atomic E-state index is -0.472. The van der Waals surface area contributed by atoms with Crippen LogP contribution in [-0.2, 0) is 9.59 Å². The molecule has 60 valence electrons. The van der Waals surface area contributed by atoms with Crippen molar-refractivity contribution in [1.29, 1.82) is 0 Å². The summed E-state index contributed by atoms with van der Waals surface area (Å²) in [5, 5.41) is 0. The third-order valence-corrected chi connectivity index (χ3v) is 1.78. The molecule has 1 atom stereocenters. The highest BCUT2D eigenvalue weighted by atomic mass is 16.2. The first-order chi connectivity index (χ1) is 5.16. The quantitative estimate of drug-likeness (QED) is 0.588. The van der Waals surface area contributed by atoms with Crippen LogP contribution in [0.1, 0.15) is 12.8 Å². The average Bonchev–Trinajstić information content (AvgIpc) is 2.30. The average molecular weight is 154 g/mol. The van der Waals surface area contributed by atoms with E-state index in [-0.39, 0.29) is 5.91 Å². The van der Waals surface area contributed by atoms with Crippen molar-refractivity contribution >= 4 is 11.8 Å². The number of rotatable bonds is 2. The van der Waals surface area contributed by atoms with Gasteiger partial charge in [-0.2, -0.15) is 0 Å². The highest BCUT2D eigenvalue weighted by Gasteiger charge is 2.32. The second-order valence-corrected chi connectivity index (χ2v) is 2.44. The van der Waals surface area contributed by atoms with E-state index < -0.39 is 11.9 Å². The normalized spacial score (nSPS) is 23.8. The molecule has 0 aromatic rings. The van der Waals surface area contributed by atoms with Gasteiger partial charge in [0.1, 0.15) is 6.04 Å². The molecule has 11 heavy (non-hydrogen) atoms. The zero-order valence-electron chi connectivity index (χ0n) is 6.12. The fraction of sp³-hybridized carbons (Fsp3) is 0.429. The predicted molar refractivity (Wildman–Crippen MR) is 39.3 cm³/mol. The number of hydrogen-bond acceptors (Lipinski definition) is 2. The number of nitrogens with zero attached hydrogens (tertiary/aromatic N) is 1. The van der Waals surface area contributed by atoms with Gasteiger partial charge in [-0.25, -0.2) is 0 Å². The molecule has 2 amide bonds. The summed E-state index contributed by atoms with van der Waals surface area (Å²) in [6.45, 7) is 3.42. The Morgan fingerprint density at radius 1 is 1.82 bits per heavy atom. The molecule has 0 aromatic carbocycles. The summed E-state index contributed by atoms with van der Waals surface area (Å²) in [6.07, 6.45) is 2.25. The molecule has 1 fully saturated rings. The van der Waals surface area contributed by atoms with Crippen LogP contribution in [-0.4, -0.2) is 22.8 Å². The van der Waals surface area contributed by atoms with Crippen molar-refractivity contribution in [3.63, 3.8) is 0 Å². The number of hydrogen-bond donors (Lipinski definition) is 1. The van der Waals surface area contributed by atoms with Crippen LogP contribution < -0.4 is 5.73 Å². The molecule has 1 aliphatic rings. The number of amides is 2. The molecule has 4 heteroatoms. The van der Waals surface area contributed by atoms with Gasteiger partial charge >= 0.3 is 0 Å². The molecule has 1 aliphatic heterocycles. The van der Waals surface area contributed by atoms with E-state index in [1.165, 1.54) is 11.1 Å². The number of carbonyl (C=O) groups is 2. The van der Waals surface area contributed by atoms with Crippen LogP contribution in [0.4, 0.5) is 0 Å². The Morgan fingerprint density at radius 2 is 2.45 bits per heavy atom. The van der Waals surface area contributed by atoms with Crippen molar-refractivity contribution in [2.24, 2.45) is 5.73 Å². The molecule has 4 nitrogen and oxygen atoms in total. The second-order valence-electron chi connectivity index (χ2n) is 2.44. The van der Waals surface area contributed by atoms with E-state index in [0.717, 1.165) is 0 Å². The van der Waals surface area contributed by atoms with Crippen molar-refractivity contribution in [1.82, 2.24) is 4.90 Å². The lowest BCUT2D eigenvalue weighted by molar-refractivity contribution is -0.131. The lowest BCUT2D eigenvalue weighted by Gasteiger charge is -2.16. The minimum absolute atomic E-state index is 0.0798. The van der Waals surface area contributed by atoms with Crippen molar-refractivity contribution in [3.8, 4) is 0 Å². The smallest absolute Gasteiger partial charge is 0.240 e. The zero-order chi connectivity index (χ0) is 8.43. The van der Waals surface area contributed by atoms with E-state index in [1.807, 2.05) is 0 Å². The van der Waals surface area contributed by atoms with Crippen molar-refractivity contribution in [2.45, 2.75) is 18.9 Å². The first-order valence-electron chi connectivity index (χ1n) is 3.40. The van der Waals surface area contributed by atoms with Crippen LogP contribution >= 0.6 is 0 Å². The Labute approximate surface area is 64.7 Å². The summed E-state index contributed by atoms with van der Waals surface area (Å²) in [7, 11) is 0. The Kier molecular flexibility index (Phi) is 1.94. The number of likely N-dealkylation sites (tertiary alicyclic amines) is 1. The lowest BCUT2D eigenvalue weighted by atomic mass is 10.2. The molecular formula is C7H10N2O2. The molecule has 1 saturated heterocycles. The van der Waals surface area contributed by atoms with Crippen LogP contribution in [0.15, 0.2) is 12.8 Å². The maximum atomic E-state index is 11.0. The topological polar surface area (TPSA) is 63.4 Å². The molecule has 0 aromatic heterocycles. The van der Waals surface area contributed by atoms with Gasteiger partial charge in [-0.3, -0.25) is 9.59 Å². The Bertz CT molecular complexity index is 212. The summed E-state index contributed by atoms with van der Waals surface area (Å²) in [5.41, 5.74) is 5.05. The van der Waals surface area contributed by atoms with Crippen LogP contribution in [0.2, 0.25) is 0 Å². The van der Waals surface area contributed by atoms with Gasteiger partial charge in [0.2, 0.25) is 11.8 Å². The van der Waals surface area contributed by atoms with Crippen LogP contribution in [0, 0.1) is 0 Å². The molecule has 2 N–H and O–H groups in total. The third kappa shape index (κ3) is 1.24. The highest BCUT2D eigenvalue weighted by Crippen LogP contribution is 2.17. The standard InChI is InChI=1S/C7H10N2O2/c1-2-9-5(7(8)11)3-4-6(9)10/h2,5H,1,3-4H2,(H2,8,11).